The molecule has 0 spiro atoms. The maximum atomic E-state index is 12.4. The van der Waals surface area contributed by atoms with Gasteiger partial charge in [0.25, 0.3) is 0 Å². The normalized spacial score (nSPS) is 13.1. The Morgan fingerprint density at radius 2 is 2.09 bits per heavy atom. The van der Waals surface area contributed by atoms with Gasteiger partial charge in [-0.1, -0.05) is 18.2 Å². The number of hydrogen-bond acceptors (Lipinski definition) is 3. The molecule has 2 N–H and O–H groups in total. The standard InChI is InChI=1S/C16H21F2NO3/c1-11(10-15(21)19-12(2)6-5-9-20)13-7-3-4-8-14(13)22-16(17)18/h3-4,7-8,10,12,16,20H,5-6,9H2,1-2H3,(H,19,21)/b11-10-. The molecule has 0 heterocycles. The summed E-state index contributed by atoms with van der Waals surface area (Å²) in [6.07, 6.45) is 2.62. The number of halogens is 2. The molecule has 6 heteroatoms. The van der Waals surface area contributed by atoms with Gasteiger partial charge in [-0.25, -0.2) is 0 Å². The molecule has 122 valence electrons. The van der Waals surface area contributed by atoms with Crippen molar-refractivity contribution in [2.75, 3.05) is 6.61 Å². The van der Waals surface area contributed by atoms with Gasteiger partial charge >= 0.3 is 6.61 Å². The zero-order chi connectivity index (χ0) is 16.5. The number of carbonyl (C=O) groups excluding carboxylic acids is 1. The third-order valence-corrected chi connectivity index (χ3v) is 3.06. The van der Waals surface area contributed by atoms with Gasteiger partial charge in [-0.15, -0.1) is 0 Å². The van der Waals surface area contributed by atoms with Crippen molar-refractivity contribution < 1.29 is 23.4 Å². The van der Waals surface area contributed by atoms with Crippen molar-refractivity contribution in [3.63, 3.8) is 0 Å². The van der Waals surface area contributed by atoms with Crippen molar-refractivity contribution in [3.8, 4) is 5.75 Å². The van der Waals surface area contributed by atoms with E-state index in [0.29, 0.717) is 24.0 Å². The zero-order valence-corrected chi connectivity index (χ0v) is 12.7. The van der Waals surface area contributed by atoms with Crippen LogP contribution >= 0.6 is 0 Å². The number of ether oxygens (including phenoxy) is 1. The number of hydrogen-bond donors (Lipinski definition) is 2. The first-order valence-electron chi connectivity index (χ1n) is 7.08. The van der Waals surface area contributed by atoms with Crippen molar-refractivity contribution in [3.05, 3.63) is 35.9 Å². The quantitative estimate of drug-likeness (QED) is 0.725. The van der Waals surface area contributed by atoms with Crippen LogP contribution in [-0.4, -0.2) is 30.3 Å². The summed E-state index contributed by atoms with van der Waals surface area (Å²) in [6.45, 7) is 0.658. The molecule has 1 rings (SSSR count). The smallest absolute Gasteiger partial charge is 0.387 e. The molecular weight excluding hydrogens is 292 g/mol. The second-order valence-electron chi connectivity index (χ2n) is 4.98. The second kappa shape index (κ2) is 9.15. The Morgan fingerprint density at radius 1 is 1.41 bits per heavy atom. The lowest BCUT2D eigenvalue weighted by molar-refractivity contribution is -0.117. The minimum absolute atomic E-state index is 0.0346. The SMILES string of the molecule is C/C(=C/C(=O)NC(C)CCCO)c1ccccc1OC(F)F. The summed E-state index contributed by atoms with van der Waals surface area (Å²) in [6, 6.07) is 6.25. The Hall–Kier alpha value is -1.95. The lowest BCUT2D eigenvalue weighted by Crippen LogP contribution is -2.31. The van der Waals surface area contributed by atoms with Gasteiger partial charge in [-0.3, -0.25) is 4.79 Å². The maximum Gasteiger partial charge on any atom is 0.387 e. The van der Waals surface area contributed by atoms with Crippen molar-refractivity contribution >= 4 is 11.5 Å². The minimum atomic E-state index is -2.92. The molecule has 0 radical (unpaired) electrons. The highest BCUT2D eigenvalue weighted by molar-refractivity contribution is 5.95. The molecule has 1 atom stereocenters. The van der Waals surface area contributed by atoms with Gasteiger partial charge in [0.15, 0.2) is 0 Å². The van der Waals surface area contributed by atoms with E-state index >= 15 is 0 Å². The summed E-state index contributed by atoms with van der Waals surface area (Å²) in [5.41, 5.74) is 0.976. The van der Waals surface area contributed by atoms with Gasteiger partial charge in [-0.05, 0) is 38.3 Å². The fourth-order valence-corrected chi connectivity index (χ4v) is 2.02. The first-order valence-corrected chi connectivity index (χ1v) is 7.08. The number of alkyl halides is 2. The molecule has 1 aromatic rings. The summed E-state index contributed by atoms with van der Waals surface area (Å²) in [5.74, 6) is -0.276. The molecule has 22 heavy (non-hydrogen) atoms. The van der Waals surface area contributed by atoms with E-state index in [1.165, 1.54) is 12.1 Å². The van der Waals surface area contributed by atoms with E-state index in [1.807, 2.05) is 6.92 Å². The van der Waals surface area contributed by atoms with Gasteiger partial charge in [-0.2, -0.15) is 8.78 Å². The Bertz CT molecular complexity index is 518. The molecule has 1 aromatic carbocycles. The molecular formula is C16H21F2NO3. The molecule has 0 saturated carbocycles. The molecule has 1 unspecified atom stereocenters. The van der Waals surface area contributed by atoms with Gasteiger partial charge < -0.3 is 15.2 Å². The number of para-hydroxylation sites is 1. The molecule has 0 fully saturated rings. The third kappa shape index (κ3) is 6.22. The van der Waals surface area contributed by atoms with E-state index in [1.54, 1.807) is 25.1 Å². The van der Waals surface area contributed by atoms with Crippen LogP contribution in [0.3, 0.4) is 0 Å². The fourth-order valence-electron chi connectivity index (χ4n) is 2.02. The van der Waals surface area contributed by atoms with Gasteiger partial charge in [0.1, 0.15) is 5.75 Å². The van der Waals surface area contributed by atoms with E-state index in [0.717, 1.165) is 0 Å². The van der Waals surface area contributed by atoms with Crippen LogP contribution in [0, 0.1) is 0 Å². The molecule has 0 bridgehead atoms. The third-order valence-electron chi connectivity index (χ3n) is 3.06. The number of aliphatic hydroxyl groups excluding tert-OH is 1. The molecule has 1 amide bonds. The summed E-state index contributed by atoms with van der Waals surface area (Å²) >= 11 is 0. The Balaban J connectivity index is 2.77. The Morgan fingerprint density at radius 3 is 2.73 bits per heavy atom. The predicted molar refractivity (Wildman–Crippen MR) is 80.6 cm³/mol. The van der Waals surface area contributed by atoms with Crippen LogP contribution in [0.25, 0.3) is 5.57 Å². The number of amides is 1. The number of nitrogens with one attached hydrogen (secondary N) is 1. The van der Waals surface area contributed by atoms with E-state index in [2.05, 4.69) is 10.1 Å². The van der Waals surface area contributed by atoms with Crippen LogP contribution in [0.4, 0.5) is 8.78 Å². The summed E-state index contributed by atoms with van der Waals surface area (Å²) < 4.78 is 29.2. The van der Waals surface area contributed by atoms with E-state index in [4.69, 9.17) is 5.11 Å². The van der Waals surface area contributed by atoms with E-state index in [-0.39, 0.29) is 24.3 Å². The lowest BCUT2D eigenvalue weighted by atomic mass is 10.1. The predicted octanol–water partition coefficient (Wildman–Crippen LogP) is 2.97. The van der Waals surface area contributed by atoms with Crippen LogP contribution in [0.1, 0.15) is 32.3 Å². The highest BCUT2D eigenvalue weighted by Crippen LogP contribution is 2.26. The largest absolute Gasteiger partial charge is 0.434 e. The maximum absolute atomic E-state index is 12.4. The van der Waals surface area contributed by atoms with Crippen LogP contribution in [0.15, 0.2) is 30.3 Å². The summed E-state index contributed by atoms with van der Waals surface area (Å²) in [7, 11) is 0. The fraction of sp³-hybridized carbons (Fsp3) is 0.438. The van der Waals surface area contributed by atoms with Crippen LogP contribution in [0.5, 0.6) is 5.75 Å². The average molecular weight is 313 g/mol. The van der Waals surface area contributed by atoms with Crippen molar-refractivity contribution in [1.29, 1.82) is 0 Å². The summed E-state index contributed by atoms with van der Waals surface area (Å²) in [4.78, 5) is 11.9. The Kier molecular flexibility index (Phi) is 7.52. The second-order valence-corrected chi connectivity index (χ2v) is 4.98. The summed E-state index contributed by atoms with van der Waals surface area (Å²) in [5, 5.41) is 11.5. The first kappa shape index (κ1) is 18.1. The van der Waals surface area contributed by atoms with Crippen molar-refractivity contribution in [2.24, 2.45) is 0 Å². The van der Waals surface area contributed by atoms with Gasteiger partial charge in [0.05, 0.1) is 0 Å². The molecule has 4 nitrogen and oxygen atoms in total. The van der Waals surface area contributed by atoms with Crippen LogP contribution < -0.4 is 10.1 Å². The molecule has 0 aliphatic carbocycles. The highest BCUT2D eigenvalue weighted by atomic mass is 19.3. The number of allylic oxidation sites excluding steroid dienone is 1. The number of benzene rings is 1. The van der Waals surface area contributed by atoms with Crippen molar-refractivity contribution in [1.82, 2.24) is 5.32 Å². The zero-order valence-electron chi connectivity index (χ0n) is 12.7. The number of aliphatic hydroxyl groups is 1. The minimum Gasteiger partial charge on any atom is -0.434 e. The van der Waals surface area contributed by atoms with Gasteiger partial charge in [0.2, 0.25) is 5.91 Å². The van der Waals surface area contributed by atoms with Crippen molar-refractivity contribution in [2.45, 2.75) is 39.3 Å². The Labute approximate surface area is 128 Å². The number of rotatable bonds is 8. The topological polar surface area (TPSA) is 58.6 Å². The molecule has 0 aliphatic heterocycles. The molecule has 0 aromatic heterocycles. The van der Waals surface area contributed by atoms with E-state index in [9.17, 15) is 13.6 Å². The monoisotopic (exact) mass is 313 g/mol. The lowest BCUT2D eigenvalue weighted by Gasteiger charge is -2.13. The highest BCUT2D eigenvalue weighted by Gasteiger charge is 2.11. The van der Waals surface area contributed by atoms with Gasteiger partial charge in [0, 0.05) is 24.3 Å². The number of carbonyl (C=O) groups is 1. The first-order chi connectivity index (χ1) is 10.4. The molecule has 0 saturated heterocycles. The van der Waals surface area contributed by atoms with Crippen LogP contribution in [-0.2, 0) is 4.79 Å². The van der Waals surface area contributed by atoms with Crippen LogP contribution in [0.2, 0.25) is 0 Å². The molecule has 0 aliphatic rings. The average Bonchev–Trinajstić information content (AvgIpc) is 2.44. The van der Waals surface area contributed by atoms with E-state index < -0.39 is 6.61 Å².